The summed E-state index contributed by atoms with van der Waals surface area (Å²) in [5.74, 6) is 1.86. The largest absolute Gasteiger partial charge is 0.329 e. The second-order valence-corrected chi connectivity index (χ2v) is 8.21. The Labute approximate surface area is 137 Å². The van der Waals surface area contributed by atoms with Crippen molar-refractivity contribution in [2.75, 3.05) is 19.6 Å². The maximum Gasteiger partial charge on any atom is 0.0344 e. The van der Waals surface area contributed by atoms with Crippen molar-refractivity contribution < 1.29 is 0 Å². The average Bonchev–Trinajstić information content (AvgIpc) is 3.36. The van der Waals surface area contributed by atoms with Gasteiger partial charge in [0.15, 0.2) is 0 Å². The van der Waals surface area contributed by atoms with Crippen molar-refractivity contribution in [3.8, 4) is 0 Å². The lowest BCUT2D eigenvalue weighted by atomic mass is 9.90. The van der Waals surface area contributed by atoms with Crippen LogP contribution in [0.2, 0.25) is 0 Å². The van der Waals surface area contributed by atoms with Crippen LogP contribution >= 0.6 is 15.9 Å². The van der Waals surface area contributed by atoms with Gasteiger partial charge >= 0.3 is 0 Å². The molecule has 2 saturated carbocycles. The zero-order valence-corrected chi connectivity index (χ0v) is 14.6. The second-order valence-electron chi connectivity index (χ2n) is 7.30. The minimum absolute atomic E-state index is 0.0962. The Morgan fingerprint density at radius 2 is 1.62 bits per heavy atom. The highest BCUT2D eigenvalue weighted by Crippen LogP contribution is 2.37. The molecule has 0 heterocycles. The molecular weight excluding hydrogens is 324 g/mol. The molecule has 2 aliphatic carbocycles. The van der Waals surface area contributed by atoms with E-state index in [0.29, 0.717) is 0 Å². The van der Waals surface area contributed by atoms with Gasteiger partial charge in [-0.15, -0.1) is 0 Å². The third kappa shape index (κ3) is 4.30. The molecule has 2 fully saturated rings. The highest BCUT2D eigenvalue weighted by molar-refractivity contribution is 9.10. The van der Waals surface area contributed by atoms with Crippen LogP contribution < -0.4 is 5.73 Å². The zero-order chi connectivity index (χ0) is 14.9. The van der Waals surface area contributed by atoms with Crippen molar-refractivity contribution in [1.82, 2.24) is 4.90 Å². The molecule has 0 radical (unpaired) electrons. The predicted molar refractivity (Wildman–Crippen MR) is 92.3 cm³/mol. The molecule has 0 amide bonds. The fourth-order valence-electron chi connectivity index (χ4n) is 3.09. The number of hydrogen-bond acceptors (Lipinski definition) is 2. The lowest BCUT2D eigenvalue weighted by molar-refractivity contribution is 0.0978. The van der Waals surface area contributed by atoms with Crippen molar-refractivity contribution in [3.63, 3.8) is 0 Å². The number of nitrogens with two attached hydrogens (primary N) is 1. The molecule has 1 unspecified atom stereocenters. The summed E-state index contributed by atoms with van der Waals surface area (Å²) in [7, 11) is 0. The van der Waals surface area contributed by atoms with E-state index in [2.05, 4.69) is 52.0 Å². The van der Waals surface area contributed by atoms with E-state index in [9.17, 15) is 0 Å². The fourth-order valence-corrected chi connectivity index (χ4v) is 3.36. The van der Waals surface area contributed by atoms with Gasteiger partial charge in [-0.3, -0.25) is 4.90 Å². The lowest BCUT2D eigenvalue weighted by Crippen LogP contribution is -2.54. The Hall–Kier alpha value is -0.380. The van der Waals surface area contributed by atoms with Crippen molar-refractivity contribution in [2.24, 2.45) is 17.6 Å². The molecule has 116 valence electrons. The van der Waals surface area contributed by atoms with Crippen LogP contribution in [0, 0.1) is 11.8 Å². The third-order valence-corrected chi connectivity index (χ3v) is 5.58. The maximum absolute atomic E-state index is 6.23. The standard InChI is InChI=1S/C18H27BrN2/c1-18(13-20,10-14-6-8-17(19)9-7-14)21(11-15-2-3-15)12-16-4-5-16/h6-9,15-16H,2-5,10-13,20H2,1H3. The smallest absolute Gasteiger partial charge is 0.0344 e. The second kappa shape index (κ2) is 6.39. The number of hydrogen-bond donors (Lipinski definition) is 1. The summed E-state index contributed by atoms with van der Waals surface area (Å²) >= 11 is 3.52. The molecule has 0 saturated heterocycles. The van der Waals surface area contributed by atoms with Gasteiger partial charge in [0.25, 0.3) is 0 Å². The Morgan fingerprint density at radius 1 is 1.10 bits per heavy atom. The average molecular weight is 351 g/mol. The predicted octanol–water partition coefficient (Wildman–Crippen LogP) is 3.83. The highest BCUT2D eigenvalue weighted by atomic mass is 79.9. The van der Waals surface area contributed by atoms with Crippen molar-refractivity contribution >= 4 is 15.9 Å². The first kappa shape index (κ1) is 15.5. The monoisotopic (exact) mass is 350 g/mol. The van der Waals surface area contributed by atoms with E-state index in [1.165, 1.54) is 44.3 Å². The van der Waals surface area contributed by atoms with Crippen LogP contribution in [0.3, 0.4) is 0 Å². The summed E-state index contributed by atoms with van der Waals surface area (Å²) < 4.78 is 1.15. The van der Waals surface area contributed by atoms with Crippen molar-refractivity contribution in [3.05, 3.63) is 34.3 Å². The molecule has 0 aliphatic heterocycles. The van der Waals surface area contributed by atoms with E-state index in [0.717, 1.165) is 29.3 Å². The van der Waals surface area contributed by atoms with E-state index in [-0.39, 0.29) is 5.54 Å². The summed E-state index contributed by atoms with van der Waals surface area (Å²) in [6, 6.07) is 8.73. The van der Waals surface area contributed by atoms with Crippen LogP contribution in [0.4, 0.5) is 0 Å². The van der Waals surface area contributed by atoms with E-state index >= 15 is 0 Å². The molecule has 0 bridgehead atoms. The molecule has 0 spiro atoms. The topological polar surface area (TPSA) is 29.3 Å². The molecule has 3 heteroatoms. The van der Waals surface area contributed by atoms with Crippen LogP contribution in [0.1, 0.15) is 38.2 Å². The van der Waals surface area contributed by atoms with Gasteiger partial charge in [-0.2, -0.15) is 0 Å². The first-order chi connectivity index (χ1) is 10.1. The Balaban J connectivity index is 1.72. The van der Waals surface area contributed by atoms with Crippen LogP contribution in [-0.2, 0) is 6.42 Å². The first-order valence-electron chi connectivity index (χ1n) is 8.28. The Bertz CT molecular complexity index is 451. The first-order valence-corrected chi connectivity index (χ1v) is 9.08. The summed E-state index contributed by atoms with van der Waals surface area (Å²) in [6.07, 6.45) is 6.72. The van der Waals surface area contributed by atoms with Gasteiger partial charge in [-0.05, 0) is 68.6 Å². The molecule has 2 N–H and O–H groups in total. The van der Waals surface area contributed by atoms with Crippen molar-refractivity contribution in [1.29, 1.82) is 0 Å². The van der Waals surface area contributed by atoms with E-state index in [1.807, 2.05) is 0 Å². The van der Waals surface area contributed by atoms with E-state index in [1.54, 1.807) is 0 Å². The molecular formula is C18H27BrN2. The molecule has 2 aliphatic rings. The normalized spacial score (nSPS) is 21.5. The van der Waals surface area contributed by atoms with Gasteiger partial charge in [-0.25, -0.2) is 0 Å². The zero-order valence-electron chi connectivity index (χ0n) is 13.0. The van der Waals surface area contributed by atoms with Gasteiger partial charge < -0.3 is 5.73 Å². The molecule has 1 aromatic carbocycles. The minimum Gasteiger partial charge on any atom is -0.329 e. The van der Waals surface area contributed by atoms with Gasteiger partial charge in [0, 0.05) is 29.6 Å². The van der Waals surface area contributed by atoms with Crippen LogP contribution in [0.5, 0.6) is 0 Å². The summed E-state index contributed by atoms with van der Waals surface area (Å²) in [5.41, 5.74) is 7.71. The summed E-state index contributed by atoms with van der Waals surface area (Å²) in [4.78, 5) is 2.71. The summed E-state index contributed by atoms with van der Waals surface area (Å²) in [5, 5.41) is 0. The van der Waals surface area contributed by atoms with Gasteiger partial charge in [0.05, 0.1) is 0 Å². The molecule has 21 heavy (non-hydrogen) atoms. The molecule has 2 nitrogen and oxygen atoms in total. The quantitative estimate of drug-likeness (QED) is 0.771. The molecule has 1 atom stereocenters. The van der Waals surface area contributed by atoms with Gasteiger partial charge in [0.2, 0.25) is 0 Å². The summed E-state index contributed by atoms with van der Waals surface area (Å²) in [6.45, 7) is 5.60. The number of rotatable bonds is 8. The minimum atomic E-state index is 0.0962. The number of halogens is 1. The van der Waals surface area contributed by atoms with Crippen molar-refractivity contribution in [2.45, 2.75) is 44.6 Å². The van der Waals surface area contributed by atoms with Crippen LogP contribution in [0.25, 0.3) is 0 Å². The Kier molecular flexibility index (Phi) is 4.72. The molecule has 1 aromatic rings. The third-order valence-electron chi connectivity index (χ3n) is 5.05. The molecule has 0 aromatic heterocycles. The van der Waals surface area contributed by atoms with Gasteiger partial charge in [0.1, 0.15) is 0 Å². The lowest BCUT2D eigenvalue weighted by Gasteiger charge is -2.41. The van der Waals surface area contributed by atoms with Gasteiger partial charge in [-0.1, -0.05) is 28.1 Å². The molecule has 3 rings (SSSR count). The highest BCUT2D eigenvalue weighted by Gasteiger charge is 2.38. The Morgan fingerprint density at radius 3 is 2.05 bits per heavy atom. The SMILES string of the molecule is CC(CN)(Cc1ccc(Br)cc1)N(CC1CC1)CC1CC1. The fraction of sp³-hybridized carbons (Fsp3) is 0.667. The van der Waals surface area contributed by atoms with E-state index in [4.69, 9.17) is 5.73 Å². The maximum atomic E-state index is 6.23. The van der Waals surface area contributed by atoms with Crippen LogP contribution in [-0.4, -0.2) is 30.1 Å². The van der Waals surface area contributed by atoms with E-state index < -0.39 is 0 Å². The number of nitrogens with zero attached hydrogens (tertiary/aromatic N) is 1. The van der Waals surface area contributed by atoms with Crippen LogP contribution in [0.15, 0.2) is 28.7 Å². The number of benzene rings is 1.